The molecule has 1 aliphatic heterocycles. The van der Waals surface area contributed by atoms with Crippen LogP contribution in [0, 0.1) is 5.82 Å². The Morgan fingerprint density at radius 2 is 2.20 bits per heavy atom. The molecule has 112 valence electrons. The topological polar surface area (TPSA) is 46.6 Å². The van der Waals surface area contributed by atoms with Crippen LogP contribution in [0.4, 0.5) is 4.39 Å². The molecule has 0 bridgehead atoms. The van der Waals surface area contributed by atoms with Gasteiger partial charge in [-0.2, -0.15) is 4.31 Å². The van der Waals surface area contributed by atoms with E-state index < -0.39 is 15.8 Å². The van der Waals surface area contributed by atoms with E-state index in [0.717, 1.165) is 31.4 Å². The number of hydrogen-bond acceptors (Lipinski definition) is 3. The standard InChI is InChI=1S/C13H17BrFNO3S/c1-16(9-11-4-2-3-7-19-11)20(17,18)13-6-5-10(15)8-12(13)14/h5-6,8,11H,2-4,7,9H2,1H3. The average Bonchev–Trinajstić information content (AvgIpc) is 2.39. The lowest BCUT2D eigenvalue weighted by Gasteiger charge is -2.27. The van der Waals surface area contributed by atoms with Gasteiger partial charge in [-0.3, -0.25) is 0 Å². The Balaban J connectivity index is 2.16. The summed E-state index contributed by atoms with van der Waals surface area (Å²) in [7, 11) is -2.13. The molecule has 2 rings (SSSR count). The number of rotatable bonds is 4. The summed E-state index contributed by atoms with van der Waals surface area (Å²) in [6, 6.07) is 3.56. The Bertz CT molecular complexity index is 573. The van der Waals surface area contributed by atoms with Gasteiger partial charge in [-0.15, -0.1) is 0 Å². The van der Waals surface area contributed by atoms with Crippen molar-refractivity contribution in [3.8, 4) is 0 Å². The smallest absolute Gasteiger partial charge is 0.244 e. The van der Waals surface area contributed by atoms with E-state index >= 15 is 0 Å². The number of hydrogen-bond donors (Lipinski definition) is 0. The molecule has 7 heteroatoms. The van der Waals surface area contributed by atoms with Crippen LogP contribution in [-0.4, -0.2) is 39.0 Å². The molecule has 1 aromatic carbocycles. The Morgan fingerprint density at radius 3 is 2.80 bits per heavy atom. The predicted octanol–water partition coefficient (Wildman–Crippen LogP) is 2.78. The van der Waals surface area contributed by atoms with Gasteiger partial charge in [-0.05, 0) is 53.4 Å². The minimum atomic E-state index is -3.65. The van der Waals surface area contributed by atoms with Crippen LogP contribution in [0.5, 0.6) is 0 Å². The molecule has 0 aromatic heterocycles. The van der Waals surface area contributed by atoms with E-state index in [0.29, 0.717) is 13.2 Å². The lowest BCUT2D eigenvalue weighted by Crippen LogP contribution is -2.37. The van der Waals surface area contributed by atoms with Crippen molar-refractivity contribution in [2.24, 2.45) is 0 Å². The van der Waals surface area contributed by atoms with Crippen LogP contribution in [0.25, 0.3) is 0 Å². The summed E-state index contributed by atoms with van der Waals surface area (Å²) < 4.78 is 45.0. The van der Waals surface area contributed by atoms with E-state index in [2.05, 4.69) is 15.9 Å². The zero-order chi connectivity index (χ0) is 14.8. The minimum absolute atomic E-state index is 0.0669. The fourth-order valence-corrected chi connectivity index (χ4v) is 4.40. The second kappa shape index (κ2) is 6.51. The van der Waals surface area contributed by atoms with E-state index in [-0.39, 0.29) is 15.5 Å². The highest BCUT2D eigenvalue weighted by Gasteiger charge is 2.27. The van der Waals surface area contributed by atoms with E-state index in [1.165, 1.54) is 17.4 Å². The normalized spacial score (nSPS) is 20.3. The third kappa shape index (κ3) is 3.58. The summed E-state index contributed by atoms with van der Waals surface area (Å²) in [5.41, 5.74) is 0. The molecule has 1 unspecified atom stereocenters. The second-order valence-corrected chi connectivity index (χ2v) is 7.72. The average molecular weight is 366 g/mol. The SMILES string of the molecule is CN(CC1CCCCO1)S(=O)(=O)c1ccc(F)cc1Br. The van der Waals surface area contributed by atoms with E-state index in [1.54, 1.807) is 0 Å². The Labute approximate surface area is 127 Å². The third-order valence-electron chi connectivity index (χ3n) is 3.32. The first-order valence-corrected chi connectivity index (χ1v) is 8.67. The molecule has 1 heterocycles. The van der Waals surface area contributed by atoms with Crippen molar-refractivity contribution in [2.75, 3.05) is 20.2 Å². The maximum absolute atomic E-state index is 13.1. The zero-order valence-electron chi connectivity index (χ0n) is 11.2. The monoisotopic (exact) mass is 365 g/mol. The number of nitrogens with zero attached hydrogens (tertiary/aromatic N) is 1. The quantitative estimate of drug-likeness (QED) is 0.823. The molecule has 0 N–H and O–H groups in total. The molecule has 1 fully saturated rings. The Morgan fingerprint density at radius 1 is 1.45 bits per heavy atom. The molecular formula is C13H17BrFNO3S. The molecule has 1 saturated heterocycles. The highest BCUT2D eigenvalue weighted by Crippen LogP contribution is 2.26. The number of benzene rings is 1. The molecule has 20 heavy (non-hydrogen) atoms. The van der Waals surface area contributed by atoms with Crippen LogP contribution >= 0.6 is 15.9 Å². The summed E-state index contributed by atoms with van der Waals surface area (Å²) in [5, 5.41) is 0. The highest BCUT2D eigenvalue weighted by atomic mass is 79.9. The van der Waals surface area contributed by atoms with Crippen molar-refractivity contribution in [2.45, 2.75) is 30.3 Å². The van der Waals surface area contributed by atoms with Gasteiger partial charge in [0.2, 0.25) is 10.0 Å². The molecule has 0 amide bonds. The van der Waals surface area contributed by atoms with Crippen LogP contribution in [0.3, 0.4) is 0 Å². The van der Waals surface area contributed by atoms with Crippen molar-refractivity contribution in [3.05, 3.63) is 28.5 Å². The first-order chi connectivity index (χ1) is 9.41. The second-order valence-electron chi connectivity index (χ2n) is 4.85. The van der Waals surface area contributed by atoms with Gasteiger partial charge in [0, 0.05) is 24.7 Å². The first kappa shape index (κ1) is 15.9. The lowest BCUT2D eigenvalue weighted by atomic mass is 10.1. The number of likely N-dealkylation sites (N-methyl/N-ethyl adjacent to an activating group) is 1. The third-order valence-corrected chi connectivity index (χ3v) is 6.12. The largest absolute Gasteiger partial charge is 0.377 e. The van der Waals surface area contributed by atoms with Gasteiger partial charge in [0.05, 0.1) is 11.0 Å². The van der Waals surface area contributed by atoms with Gasteiger partial charge in [0.1, 0.15) is 5.82 Å². The van der Waals surface area contributed by atoms with Crippen LogP contribution in [-0.2, 0) is 14.8 Å². The first-order valence-electron chi connectivity index (χ1n) is 6.44. The molecule has 1 aromatic rings. The Hall–Kier alpha value is -0.500. The predicted molar refractivity (Wildman–Crippen MR) is 77.5 cm³/mol. The van der Waals surface area contributed by atoms with Crippen molar-refractivity contribution >= 4 is 26.0 Å². The van der Waals surface area contributed by atoms with Crippen molar-refractivity contribution in [1.29, 1.82) is 0 Å². The molecule has 1 aliphatic rings. The summed E-state index contributed by atoms with van der Waals surface area (Å²) in [6.07, 6.45) is 2.88. The van der Waals surface area contributed by atoms with E-state index in [4.69, 9.17) is 4.74 Å². The van der Waals surface area contributed by atoms with Gasteiger partial charge in [-0.25, -0.2) is 12.8 Å². The summed E-state index contributed by atoms with van der Waals surface area (Å²) >= 11 is 3.10. The maximum atomic E-state index is 13.1. The maximum Gasteiger partial charge on any atom is 0.244 e. The van der Waals surface area contributed by atoms with E-state index in [9.17, 15) is 12.8 Å². The molecule has 0 saturated carbocycles. The summed E-state index contributed by atoms with van der Waals surface area (Å²) in [5.74, 6) is -0.478. The molecular weight excluding hydrogens is 349 g/mol. The van der Waals surface area contributed by atoms with Crippen molar-refractivity contribution < 1.29 is 17.5 Å². The van der Waals surface area contributed by atoms with Crippen LogP contribution < -0.4 is 0 Å². The van der Waals surface area contributed by atoms with Crippen LogP contribution in [0.2, 0.25) is 0 Å². The molecule has 0 aliphatic carbocycles. The van der Waals surface area contributed by atoms with Gasteiger partial charge in [0.25, 0.3) is 0 Å². The van der Waals surface area contributed by atoms with Crippen molar-refractivity contribution in [3.63, 3.8) is 0 Å². The van der Waals surface area contributed by atoms with Gasteiger partial charge in [-0.1, -0.05) is 0 Å². The number of ether oxygens (including phenoxy) is 1. The summed E-state index contributed by atoms with van der Waals surface area (Å²) in [6.45, 7) is 0.991. The van der Waals surface area contributed by atoms with Crippen molar-refractivity contribution in [1.82, 2.24) is 4.31 Å². The highest BCUT2D eigenvalue weighted by molar-refractivity contribution is 9.10. The fraction of sp³-hybridized carbons (Fsp3) is 0.538. The lowest BCUT2D eigenvalue weighted by molar-refractivity contribution is 0.00858. The van der Waals surface area contributed by atoms with Gasteiger partial charge in [0.15, 0.2) is 0 Å². The Kier molecular flexibility index (Phi) is 5.17. The van der Waals surface area contributed by atoms with Gasteiger partial charge >= 0.3 is 0 Å². The fourth-order valence-electron chi connectivity index (χ4n) is 2.19. The van der Waals surface area contributed by atoms with E-state index in [1.807, 2.05) is 0 Å². The van der Waals surface area contributed by atoms with Crippen LogP contribution in [0.15, 0.2) is 27.6 Å². The van der Waals surface area contributed by atoms with Crippen LogP contribution in [0.1, 0.15) is 19.3 Å². The number of halogens is 2. The summed E-state index contributed by atoms with van der Waals surface area (Å²) in [4.78, 5) is 0.0669. The van der Waals surface area contributed by atoms with Gasteiger partial charge < -0.3 is 4.74 Å². The molecule has 0 spiro atoms. The number of sulfonamides is 1. The zero-order valence-corrected chi connectivity index (χ0v) is 13.6. The molecule has 1 atom stereocenters. The molecule has 0 radical (unpaired) electrons. The minimum Gasteiger partial charge on any atom is -0.377 e. The molecule has 4 nitrogen and oxygen atoms in total.